The van der Waals surface area contributed by atoms with Gasteiger partial charge in [0.15, 0.2) is 5.13 Å². The fourth-order valence-electron chi connectivity index (χ4n) is 3.09. The van der Waals surface area contributed by atoms with Crippen molar-refractivity contribution >= 4 is 28.3 Å². The number of thiazole rings is 1. The Labute approximate surface area is 158 Å². The van der Waals surface area contributed by atoms with Crippen LogP contribution in [-0.2, 0) is 22.6 Å². The lowest BCUT2D eigenvalue weighted by Crippen LogP contribution is -2.32. The van der Waals surface area contributed by atoms with Crippen molar-refractivity contribution in [2.75, 3.05) is 18.0 Å². The van der Waals surface area contributed by atoms with Crippen LogP contribution in [0.4, 0.5) is 5.13 Å². The van der Waals surface area contributed by atoms with Gasteiger partial charge in [-0.1, -0.05) is 36.8 Å². The van der Waals surface area contributed by atoms with E-state index < -0.39 is 0 Å². The molecule has 1 aliphatic heterocycles. The molecular weight excluding hydrogens is 346 g/mol. The molecule has 0 bridgehead atoms. The number of hydrogen-bond acceptors (Lipinski definition) is 4. The SMILES string of the molecule is CCCN(Cc1ccc(C)cc1)C(=O)Cc1csc(N2CCCC2=O)n1. The minimum Gasteiger partial charge on any atom is -0.338 e. The second-order valence-corrected chi connectivity index (χ2v) is 7.58. The van der Waals surface area contributed by atoms with Gasteiger partial charge in [-0.2, -0.15) is 0 Å². The number of carbonyl (C=O) groups excluding carboxylic acids is 2. The van der Waals surface area contributed by atoms with Gasteiger partial charge in [0, 0.05) is 31.4 Å². The van der Waals surface area contributed by atoms with Crippen LogP contribution in [0.15, 0.2) is 29.6 Å². The molecule has 0 spiro atoms. The number of nitrogens with zero attached hydrogens (tertiary/aromatic N) is 3. The number of aromatic nitrogens is 1. The molecule has 1 fully saturated rings. The second kappa shape index (κ2) is 8.45. The lowest BCUT2D eigenvalue weighted by Gasteiger charge is -2.22. The number of benzene rings is 1. The van der Waals surface area contributed by atoms with E-state index in [1.165, 1.54) is 16.9 Å². The molecule has 0 aliphatic carbocycles. The van der Waals surface area contributed by atoms with Crippen molar-refractivity contribution in [3.8, 4) is 0 Å². The van der Waals surface area contributed by atoms with Crippen molar-refractivity contribution in [1.82, 2.24) is 9.88 Å². The predicted molar refractivity (Wildman–Crippen MR) is 104 cm³/mol. The van der Waals surface area contributed by atoms with Crippen molar-refractivity contribution < 1.29 is 9.59 Å². The number of rotatable bonds is 7. The lowest BCUT2D eigenvalue weighted by molar-refractivity contribution is -0.131. The Morgan fingerprint density at radius 1 is 1.31 bits per heavy atom. The van der Waals surface area contributed by atoms with Crippen LogP contribution in [0.1, 0.15) is 43.0 Å². The van der Waals surface area contributed by atoms with Crippen molar-refractivity contribution in [1.29, 1.82) is 0 Å². The molecule has 2 aromatic rings. The molecule has 5 nitrogen and oxygen atoms in total. The van der Waals surface area contributed by atoms with E-state index in [2.05, 4.69) is 43.1 Å². The summed E-state index contributed by atoms with van der Waals surface area (Å²) in [6.07, 6.45) is 2.68. The van der Waals surface area contributed by atoms with Crippen LogP contribution >= 0.6 is 11.3 Å². The molecule has 0 N–H and O–H groups in total. The van der Waals surface area contributed by atoms with Gasteiger partial charge in [-0.15, -0.1) is 11.3 Å². The summed E-state index contributed by atoms with van der Waals surface area (Å²) >= 11 is 1.45. The normalized spacial score (nSPS) is 14.1. The van der Waals surface area contributed by atoms with E-state index in [9.17, 15) is 9.59 Å². The molecule has 3 rings (SSSR count). The first kappa shape index (κ1) is 18.6. The first-order valence-electron chi connectivity index (χ1n) is 9.15. The van der Waals surface area contributed by atoms with Crippen LogP contribution < -0.4 is 4.90 Å². The largest absolute Gasteiger partial charge is 0.338 e. The number of anilines is 1. The molecule has 1 aromatic heterocycles. The zero-order valence-electron chi connectivity index (χ0n) is 15.4. The maximum atomic E-state index is 12.8. The third-order valence-electron chi connectivity index (χ3n) is 4.52. The Morgan fingerprint density at radius 3 is 2.73 bits per heavy atom. The molecule has 1 aromatic carbocycles. The molecule has 0 atom stereocenters. The number of carbonyl (C=O) groups is 2. The van der Waals surface area contributed by atoms with Crippen LogP contribution in [0.3, 0.4) is 0 Å². The maximum Gasteiger partial charge on any atom is 0.228 e. The van der Waals surface area contributed by atoms with Gasteiger partial charge in [0.2, 0.25) is 11.8 Å². The molecule has 0 saturated carbocycles. The van der Waals surface area contributed by atoms with Crippen molar-refractivity contribution in [2.24, 2.45) is 0 Å². The van der Waals surface area contributed by atoms with E-state index in [1.807, 2.05) is 10.3 Å². The highest BCUT2D eigenvalue weighted by Crippen LogP contribution is 2.25. The van der Waals surface area contributed by atoms with Gasteiger partial charge in [0.25, 0.3) is 0 Å². The first-order chi connectivity index (χ1) is 12.6. The third kappa shape index (κ3) is 4.49. The quantitative estimate of drug-likeness (QED) is 0.748. The van der Waals surface area contributed by atoms with Gasteiger partial charge in [0.1, 0.15) is 0 Å². The molecule has 26 heavy (non-hydrogen) atoms. The first-order valence-corrected chi connectivity index (χ1v) is 10.0. The molecule has 2 amide bonds. The van der Waals surface area contributed by atoms with Crippen LogP contribution in [-0.4, -0.2) is 34.8 Å². The zero-order chi connectivity index (χ0) is 18.5. The van der Waals surface area contributed by atoms with Gasteiger partial charge < -0.3 is 4.90 Å². The number of aryl methyl sites for hydroxylation is 1. The fourth-order valence-corrected chi connectivity index (χ4v) is 3.96. The summed E-state index contributed by atoms with van der Waals surface area (Å²) in [5.41, 5.74) is 3.10. The standard InChI is InChI=1S/C20H25N3O2S/c1-3-10-22(13-16-8-6-15(2)7-9-16)19(25)12-17-14-26-20(21-17)23-11-4-5-18(23)24/h6-9,14H,3-5,10-13H2,1-2H3. The summed E-state index contributed by atoms with van der Waals surface area (Å²) in [6.45, 7) is 6.22. The fraction of sp³-hybridized carbons (Fsp3) is 0.450. The Morgan fingerprint density at radius 2 is 2.08 bits per heavy atom. The van der Waals surface area contributed by atoms with Gasteiger partial charge in [-0.25, -0.2) is 4.98 Å². The number of amides is 2. The summed E-state index contributed by atoms with van der Waals surface area (Å²) < 4.78 is 0. The van der Waals surface area contributed by atoms with E-state index >= 15 is 0 Å². The Balaban J connectivity index is 1.65. The average molecular weight is 372 g/mol. The Kier molecular flexibility index (Phi) is 6.04. The minimum absolute atomic E-state index is 0.0806. The number of hydrogen-bond donors (Lipinski definition) is 0. The second-order valence-electron chi connectivity index (χ2n) is 6.75. The van der Waals surface area contributed by atoms with Crippen LogP contribution in [0.5, 0.6) is 0 Å². The van der Waals surface area contributed by atoms with Crippen molar-refractivity contribution in [2.45, 2.75) is 46.1 Å². The van der Waals surface area contributed by atoms with E-state index in [-0.39, 0.29) is 18.2 Å². The summed E-state index contributed by atoms with van der Waals surface area (Å²) in [7, 11) is 0. The van der Waals surface area contributed by atoms with E-state index in [1.54, 1.807) is 4.90 Å². The summed E-state index contributed by atoms with van der Waals surface area (Å²) in [4.78, 5) is 32.8. The highest BCUT2D eigenvalue weighted by molar-refractivity contribution is 7.14. The van der Waals surface area contributed by atoms with Crippen LogP contribution in [0.2, 0.25) is 0 Å². The lowest BCUT2D eigenvalue weighted by atomic mass is 10.1. The summed E-state index contributed by atoms with van der Waals surface area (Å²) in [6, 6.07) is 8.30. The zero-order valence-corrected chi connectivity index (χ0v) is 16.2. The van der Waals surface area contributed by atoms with E-state index in [0.717, 1.165) is 42.3 Å². The summed E-state index contributed by atoms with van der Waals surface area (Å²) in [5, 5.41) is 2.62. The molecule has 1 saturated heterocycles. The Bertz CT molecular complexity index is 770. The molecule has 0 radical (unpaired) electrons. The van der Waals surface area contributed by atoms with Crippen LogP contribution in [0.25, 0.3) is 0 Å². The maximum absolute atomic E-state index is 12.8. The molecule has 0 unspecified atom stereocenters. The van der Waals surface area contributed by atoms with Gasteiger partial charge in [0.05, 0.1) is 12.1 Å². The molecule has 2 heterocycles. The van der Waals surface area contributed by atoms with Crippen molar-refractivity contribution in [3.05, 3.63) is 46.5 Å². The highest BCUT2D eigenvalue weighted by atomic mass is 32.1. The monoisotopic (exact) mass is 371 g/mol. The van der Waals surface area contributed by atoms with Gasteiger partial charge in [-0.3, -0.25) is 14.5 Å². The summed E-state index contributed by atoms with van der Waals surface area (Å²) in [5.74, 6) is 0.209. The van der Waals surface area contributed by atoms with Gasteiger partial charge >= 0.3 is 0 Å². The molecule has 1 aliphatic rings. The van der Waals surface area contributed by atoms with E-state index in [0.29, 0.717) is 13.0 Å². The molecule has 138 valence electrons. The predicted octanol–water partition coefficient (Wildman–Crippen LogP) is 3.56. The topological polar surface area (TPSA) is 53.5 Å². The van der Waals surface area contributed by atoms with Crippen molar-refractivity contribution in [3.63, 3.8) is 0 Å². The van der Waals surface area contributed by atoms with Crippen LogP contribution in [0, 0.1) is 6.92 Å². The molecular formula is C20H25N3O2S. The smallest absolute Gasteiger partial charge is 0.228 e. The van der Waals surface area contributed by atoms with E-state index in [4.69, 9.17) is 0 Å². The highest BCUT2D eigenvalue weighted by Gasteiger charge is 2.25. The third-order valence-corrected chi connectivity index (χ3v) is 5.43. The average Bonchev–Trinajstić information content (AvgIpc) is 3.25. The Hall–Kier alpha value is -2.21. The van der Waals surface area contributed by atoms with Gasteiger partial charge in [-0.05, 0) is 25.3 Å². The molecule has 6 heteroatoms. The minimum atomic E-state index is 0.0806.